The molecule has 1 aromatic rings. The Bertz CT molecular complexity index is 472. The molecule has 0 fully saturated rings. The molecule has 1 aromatic carbocycles. The Hall–Kier alpha value is -1.15. The molecule has 1 rings (SSSR count). The highest BCUT2D eigenvalue weighted by Gasteiger charge is 2.22. The van der Waals surface area contributed by atoms with Gasteiger partial charge in [0, 0.05) is 20.1 Å². The summed E-state index contributed by atoms with van der Waals surface area (Å²) in [5.74, 6) is 0.582. The second-order valence-corrected chi connectivity index (χ2v) is 5.90. The van der Waals surface area contributed by atoms with Crippen LogP contribution < -0.4 is 10.5 Å². The minimum Gasteiger partial charge on any atom is -0.497 e. The molecule has 0 aliphatic rings. The molecule has 18 heavy (non-hydrogen) atoms. The normalized spacial score (nSPS) is 13.6. The fourth-order valence-electron chi connectivity index (χ4n) is 1.40. The molecule has 0 spiro atoms. The van der Waals surface area contributed by atoms with Gasteiger partial charge >= 0.3 is 0 Å². The van der Waals surface area contributed by atoms with Crippen LogP contribution in [0.25, 0.3) is 0 Å². The highest BCUT2D eigenvalue weighted by atomic mass is 32.2. The van der Waals surface area contributed by atoms with Gasteiger partial charge in [0.05, 0.1) is 18.1 Å². The van der Waals surface area contributed by atoms with Crippen LogP contribution in [0.15, 0.2) is 29.2 Å². The largest absolute Gasteiger partial charge is 0.497 e. The Morgan fingerprint density at radius 3 is 2.39 bits per heavy atom. The number of hydrogen-bond acceptors (Lipinski definition) is 5. The van der Waals surface area contributed by atoms with E-state index in [0.717, 1.165) is 4.31 Å². The first-order valence-electron chi connectivity index (χ1n) is 5.40. The molecule has 102 valence electrons. The van der Waals surface area contributed by atoms with Crippen molar-refractivity contribution in [3.05, 3.63) is 24.3 Å². The zero-order valence-electron chi connectivity index (χ0n) is 10.4. The van der Waals surface area contributed by atoms with Crippen LogP contribution in [-0.2, 0) is 10.0 Å². The maximum absolute atomic E-state index is 12.1. The summed E-state index contributed by atoms with van der Waals surface area (Å²) in [6.45, 7) is -0.0205. The second-order valence-electron chi connectivity index (χ2n) is 3.85. The lowest BCUT2D eigenvalue weighted by molar-refractivity contribution is 0.160. The molecule has 0 saturated carbocycles. The van der Waals surface area contributed by atoms with Gasteiger partial charge in [0.1, 0.15) is 5.75 Å². The first-order chi connectivity index (χ1) is 8.41. The Morgan fingerprint density at radius 1 is 1.39 bits per heavy atom. The maximum Gasteiger partial charge on any atom is 0.242 e. The first-order valence-corrected chi connectivity index (χ1v) is 6.84. The van der Waals surface area contributed by atoms with Crippen molar-refractivity contribution in [1.29, 1.82) is 0 Å². The number of methoxy groups -OCH3 is 1. The van der Waals surface area contributed by atoms with E-state index in [0.29, 0.717) is 5.75 Å². The van der Waals surface area contributed by atoms with Crippen molar-refractivity contribution in [2.45, 2.75) is 11.0 Å². The minimum atomic E-state index is -3.61. The number of sulfonamides is 1. The van der Waals surface area contributed by atoms with Crippen molar-refractivity contribution in [3.8, 4) is 5.75 Å². The SMILES string of the molecule is COc1ccc(S(=O)(=O)N(C)CC(O)CN)cc1. The van der Waals surface area contributed by atoms with E-state index in [1.165, 1.54) is 26.3 Å². The van der Waals surface area contributed by atoms with Crippen LogP contribution in [0, 0.1) is 0 Å². The molecule has 0 saturated heterocycles. The summed E-state index contributed by atoms with van der Waals surface area (Å²) in [4.78, 5) is 0.148. The lowest BCUT2D eigenvalue weighted by Crippen LogP contribution is -2.37. The van der Waals surface area contributed by atoms with E-state index in [2.05, 4.69) is 0 Å². The molecular weight excluding hydrogens is 256 g/mol. The zero-order chi connectivity index (χ0) is 13.8. The molecule has 0 bridgehead atoms. The number of benzene rings is 1. The van der Waals surface area contributed by atoms with Crippen LogP contribution in [0.2, 0.25) is 0 Å². The average Bonchev–Trinajstić information content (AvgIpc) is 2.38. The molecule has 0 aliphatic carbocycles. The summed E-state index contributed by atoms with van der Waals surface area (Å²) in [7, 11) is -0.698. The number of likely N-dealkylation sites (N-methyl/N-ethyl adjacent to an activating group) is 1. The Kier molecular flexibility index (Phi) is 5.09. The average molecular weight is 274 g/mol. The van der Waals surface area contributed by atoms with Crippen molar-refractivity contribution in [2.75, 3.05) is 27.2 Å². The fourth-order valence-corrected chi connectivity index (χ4v) is 2.61. The lowest BCUT2D eigenvalue weighted by Gasteiger charge is -2.19. The highest BCUT2D eigenvalue weighted by Crippen LogP contribution is 2.18. The summed E-state index contributed by atoms with van der Waals surface area (Å²) in [6, 6.07) is 6.05. The van der Waals surface area contributed by atoms with Crippen LogP contribution in [0.5, 0.6) is 5.75 Å². The van der Waals surface area contributed by atoms with Crippen molar-refractivity contribution < 1.29 is 18.3 Å². The molecule has 0 aliphatic heterocycles. The molecule has 0 amide bonds. The molecule has 3 N–H and O–H groups in total. The van der Waals surface area contributed by atoms with Crippen LogP contribution in [0.3, 0.4) is 0 Å². The van der Waals surface area contributed by atoms with Gasteiger partial charge in [-0.3, -0.25) is 0 Å². The van der Waals surface area contributed by atoms with Crippen LogP contribution >= 0.6 is 0 Å². The molecule has 1 atom stereocenters. The van der Waals surface area contributed by atoms with Gasteiger partial charge in [0.25, 0.3) is 0 Å². The Balaban J connectivity index is 2.90. The van der Waals surface area contributed by atoms with Crippen molar-refractivity contribution >= 4 is 10.0 Å². The second kappa shape index (κ2) is 6.14. The van der Waals surface area contributed by atoms with Gasteiger partial charge in [0.15, 0.2) is 0 Å². The predicted octanol–water partition coefficient (Wildman–Crippen LogP) is -0.365. The van der Waals surface area contributed by atoms with Crippen LogP contribution in [0.1, 0.15) is 0 Å². The van der Waals surface area contributed by atoms with Gasteiger partial charge in [-0.05, 0) is 24.3 Å². The molecule has 0 radical (unpaired) electrons. The zero-order valence-corrected chi connectivity index (χ0v) is 11.2. The first kappa shape index (κ1) is 14.9. The summed E-state index contributed by atoms with van der Waals surface area (Å²) in [6.07, 6.45) is -0.872. The van der Waals surface area contributed by atoms with E-state index < -0.39 is 16.1 Å². The molecule has 6 nitrogen and oxygen atoms in total. The van der Waals surface area contributed by atoms with Crippen molar-refractivity contribution in [2.24, 2.45) is 5.73 Å². The molecule has 7 heteroatoms. The number of aliphatic hydroxyl groups excluding tert-OH is 1. The smallest absolute Gasteiger partial charge is 0.242 e. The number of hydrogen-bond donors (Lipinski definition) is 2. The number of ether oxygens (including phenoxy) is 1. The van der Waals surface area contributed by atoms with E-state index in [-0.39, 0.29) is 18.0 Å². The van der Waals surface area contributed by atoms with Gasteiger partial charge < -0.3 is 15.6 Å². The monoisotopic (exact) mass is 274 g/mol. The quantitative estimate of drug-likeness (QED) is 0.738. The maximum atomic E-state index is 12.1. The predicted molar refractivity (Wildman–Crippen MR) is 67.9 cm³/mol. The fraction of sp³-hybridized carbons (Fsp3) is 0.455. The minimum absolute atomic E-state index is 0.0163. The molecular formula is C11H18N2O4S. The molecule has 1 unspecified atom stereocenters. The van der Waals surface area contributed by atoms with Gasteiger partial charge in [-0.2, -0.15) is 4.31 Å². The van der Waals surface area contributed by atoms with E-state index in [4.69, 9.17) is 10.5 Å². The van der Waals surface area contributed by atoms with Gasteiger partial charge in [-0.15, -0.1) is 0 Å². The third-order valence-electron chi connectivity index (χ3n) is 2.51. The summed E-state index contributed by atoms with van der Waals surface area (Å²) in [5.41, 5.74) is 5.25. The van der Waals surface area contributed by atoms with Gasteiger partial charge in [-0.1, -0.05) is 0 Å². The number of aliphatic hydroxyl groups is 1. The van der Waals surface area contributed by atoms with E-state index in [9.17, 15) is 13.5 Å². The van der Waals surface area contributed by atoms with Gasteiger partial charge in [-0.25, -0.2) is 8.42 Å². The topological polar surface area (TPSA) is 92.9 Å². The molecule has 0 heterocycles. The highest BCUT2D eigenvalue weighted by molar-refractivity contribution is 7.89. The molecule has 0 aromatic heterocycles. The van der Waals surface area contributed by atoms with Crippen LogP contribution in [0.4, 0.5) is 0 Å². The number of nitrogens with zero attached hydrogens (tertiary/aromatic N) is 1. The summed E-state index contributed by atoms with van der Waals surface area (Å²) >= 11 is 0. The van der Waals surface area contributed by atoms with Gasteiger partial charge in [0.2, 0.25) is 10.0 Å². The van der Waals surface area contributed by atoms with E-state index >= 15 is 0 Å². The number of rotatable bonds is 6. The standard InChI is InChI=1S/C11H18N2O4S/c1-13(8-9(14)7-12)18(15,16)11-5-3-10(17-2)4-6-11/h3-6,9,14H,7-8,12H2,1-2H3. The summed E-state index contributed by atoms with van der Waals surface area (Å²) < 4.78 is 30.3. The Labute approximate surface area is 107 Å². The third-order valence-corrected chi connectivity index (χ3v) is 4.35. The van der Waals surface area contributed by atoms with Crippen molar-refractivity contribution in [3.63, 3.8) is 0 Å². The van der Waals surface area contributed by atoms with E-state index in [1.54, 1.807) is 12.1 Å². The van der Waals surface area contributed by atoms with Crippen LogP contribution in [-0.4, -0.2) is 51.2 Å². The lowest BCUT2D eigenvalue weighted by atomic mass is 10.3. The summed E-state index contributed by atoms with van der Waals surface area (Å²) in [5, 5.41) is 9.37. The third kappa shape index (κ3) is 3.42. The number of nitrogens with two attached hydrogens (primary N) is 1. The van der Waals surface area contributed by atoms with Crippen molar-refractivity contribution in [1.82, 2.24) is 4.31 Å². The van der Waals surface area contributed by atoms with E-state index in [1.807, 2.05) is 0 Å². The Morgan fingerprint density at radius 2 is 1.94 bits per heavy atom.